The monoisotopic (exact) mass is 333 g/mol. The number of carbonyl (C=O) groups is 2. The van der Waals surface area contributed by atoms with Crippen molar-refractivity contribution < 1.29 is 14.3 Å². The van der Waals surface area contributed by atoms with Crippen molar-refractivity contribution in [3.8, 4) is 5.75 Å². The summed E-state index contributed by atoms with van der Waals surface area (Å²) in [7, 11) is 1.62. The second-order valence-corrected chi connectivity index (χ2v) is 6.42. The van der Waals surface area contributed by atoms with Crippen molar-refractivity contribution in [2.75, 3.05) is 20.2 Å². The molecule has 3 amide bonds. The number of hydrogen-bond donors (Lipinski definition) is 2. The third-order valence-electron chi connectivity index (χ3n) is 4.14. The molecule has 1 saturated heterocycles. The summed E-state index contributed by atoms with van der Waals surface area (Å²) in [6.07, 6.45) is 1.65. The maximum atomic E-state index is 12.5. The van der Waals surface area contributed by atoms with Gasteiger partial charge in [-0.1, -0.05) is 18.2 Å². The van der Waals surface area contributed by atoms with Gasteiger partial charge in [0.1, 0.15) is 5.75 Å². The molecule has 0 bridgehead atoms. The number of piperidine rings is 1. The van der Waals surface area contributed by atoms with Crippen LogP contribution >= 0.6 is 0 Å². The number of carbonyl (C=O) groups excluding carboxylic acids is 2. The van der Waals surface area contributed by atoms with E-state index in [1.54, 1.807) is 12.0 Å². The zero-order chi connectivity index (χ0) is 17.5. The molecule has 0 aliphatic carbocycles. The topological polar surface area (TPSA) is 70.7 Å². The van der Waals surface area contributed by atoms with Gasteiger partial charge < -0.3 is 20.3 Å². The van der Waals surface area contributed by atoms with Crippen LogP contribution in [0.5, 0.6) is 5.75 Å². The maximum absolute atomic E-state index is 12.5. The molecule has 1 aliphatic rings. The van der Waals surface area contributed by atoms with E-state index in [-0.39, 0.29) is 23.9 Å². The van der Waals surface area contributed by atoms with Gasteiger partial charge in [0.15, 0.2) is 0 Å². The summed E-state index contributed by atoms with van der Waals surface area (Å²) in [6.45, 7) is 5.46. The number of rotatable bonds is 5. The Hall–Kier alpha value is -2.24. The first-order chi connectivity index (χ1) is 11.5. The minimum absolute atomic E-state index is 0.0112. The van der Waals surface area contributed by atoms with Gasteiger partial charge in [-0.3, -0.25) is 4.79 Å². The molecule has 2 rings (SSSR count). The van der Waals surface area contributed by atoms with Crippen LogP contribution in [0.1, 0.15) is 32.3 Å². The third-order valence-corrected chi connectivity index (χ3v) is 4.14. The van der Waals surface area contributed by atoms with Gasteiger partial charge in [-0.25, -0.2) is 4.79 Å². The number of ether oxygens (including phenoxy) is 1. The SMILES string of the molecule is COc1ccccc1CNC(=O)[C@@H]1CCCN(C(=O)NC(C)C)C1. The van der Waals surface area contributed by atoms with Gasteiger partial charge in [-0.2, -0.15) is 0 Å². The molecule has 1 atom stereocenters. The van der Waals surface area contributed by atoms with Crippen LogP contribution in [-0.4, -0.2) is 43.1 Å². The molecule has 0 saturated carbocycles. The van der Waals surface area contributed by atoms with E-state index in [0.717, 1.165) is 24.2 Å². The average Bonchev–Trinajstić information content (AvgIpc) is 2.59. The molecule has 0 radical (unpaired) electrons. The van der Waals surface area contributed by atoms with Gasteiger partial charge in [-0.15, -0.1) is 0 Å². The van der Waals surface area contributed by atoms with Crippen LogP contribution in [0.4, 0.5) is 4.79 Å². The average molecular weight is 333 g/mol. The van der Waals surface area contributed by atoms with Gasteiger partial charge >= 0.3 is 6.03 Å². The second kappa shape index (κ2) is 8.57. The lowest BCUT2D eigenvalue weighted by atomic mass is 9.97. The number of para-hydroxylation sites is 1. The van der Waals surface area contributed by atoms with Crippen molar-refractivity contribution in [3.05, 3.63) is 29.8 Å². The van der Waals surface area contributed by atoms with E-state index >= 15 is 0 Å². The molecule has 1 aromatic rings. The Labute approximate surface area is 143 Å². The summed E-state index contributed by atoms with van der Waals surface area (Å²) in [6, 6.07) is 7.63. The number of likely N-dealkylation sites (tertiary alicyclic amines) is 1. The minimum Gasteiger partial charge on any atom is -0.496 e. The fraction of sp³-hybridized carbons (Fsp3) is 0.556. The first-order valence-corrected chi connectivity index (χ1v) is 8.46. The molecular weight excluding hydrogens is 306 g/mol. The number of amides is 3. The molecule has 2 N–H and O–H groups in total. The number of nitrogens with zero attached hydrogens (tertiary/aromatic N) is 1. The van der Waals surface area contributed by atoms with Crippen LogP contribution in [0.25, 0.3) is 0 Å². The summed E-state index contributed by atoms with van der Waals surface area (Å²) in [5.41, 5.74) is 0.943. The highest BCUT2D eigenvalue weighted by Crippen LogP contribution is 2.19. The molecule has 0 aromatic heterocycles. The van der Waals surface area contributed by atoms with Crippen LogP contribution in [0.2, 0.25) is 0 Å². The van der Waals surface area contributed by atoms with E-state index in [1.807, 2.05) is 38.1 Å². The summed E-state index contributed by atoms with van der Waals surface area (Å²) in [4.78, 5) is 26.3. The number of hydrogen-bond acceptors (Lipinski definition) is 3. The summed E-state index contributed by atoms with van der Waals surface area (Å²) < 4.78 is 5.30. The zero-order valence-corrected chi connectivity index (χ0v) is 14.7. The predicted octanol–water partition coefficient (Wildman–Crippen LogP) is 2.14. The fourth-order valence-electron chi connectivity index (χ4n) is 2.89. The summed E-state index contributed by atoms with van der Waals surface area (Å²) in [5, 5.41) is 5.85. The predicted molar refractivity (Wildman–Crippen MR) is 92.8 cm³/mol. The van der Waals surface area contributed by atoms with E-state index < -0.39 is 0 Å². The van der Waals surface area contributed by atoms with Crippen LogP contribution in [0.15, 0.2) is 24.3 Å². The Morgan fingerprint density at radius 3 is 2.79 bits per heavy atom. The molecule has 1 aromatic carbocycles. The molecule has 1 fully saturated rings. The van der Waals surface area contributed by atoms with Gasteiger partial charge in [0, 0.05) is 31.2 Å². The van der Waals surface area contributed by atoms with Gasteiger partial charge in [0.2, 0.25) is 5.91 Å². The Morgan fingerprint density at radius 1 is 1.33 bits per heavy atom. The first-order valence-electron chi connectivity index (χ1n) is 8.46. The number of benzene rings is 1. The highest BCUT2D eigenvalue weighted by molar-refractivity contribution is 5.81. The number of urea groups is 1. The van der Waals surface area contributed by atoms with E-state index in [4.69, 9.17) is 4.74 Å². The highest BCUT2D eigenvalue weighted by Gasteiger charge is 2.28. The normalized spacial score (nSPS) is 17.5. The van der Waals surface area contributed by atoms with Gasteiger partial charge in [0.05, 0.1) is 13.0 Å². The lowest BCUT2D eigenvalue weighted by Crippen LogP contribution is -2.50. The number of nitrogens with one attached hydrogen (secondary N) is 2. The Kier molecular flexibility index (Phi) is 6.46. The van der Waals surface area contributed by atoms with Crippen LogP contribution in [-0.2, 0) is 11.3 Å². The molecule has 1 aliphatic heterocycles. The van der Waals surface area contributed by atoms with Crippen molar-refractivity contribution >= 4 is 11.9 Å². The van der Waals surface area contributed by atoms with E-state index in [2.05, 4.69) is 10.6 Å². The fourth-order valence-corrected chi connectivity index (χ4v) is 2.89. The quantitative estimate of drug-likeness (QED) is 0.867. The van der Waals surface area contributed by atoms with Crippen molar-refractivity contribution in [1.29, 1.82) is 0 Å². The van der Waals surface area contributed by atoms with Crippen molar-refractivity contribution in [3.63, 3.8) is 0 Å². The summed E-state index contributed by atoms with van der Waals surface area (Å²) in [5.74, 6) is 0.591. The Balaban J connectivity index is 1.89. The van der Waals surface area contributed by atoms with Gasteiger partial charge in [0.25, 0.3) is 0 Å². The second-order valence-electron chi connectivity index (χ2n) is 6.42. The standard InChI is InChI=1S/C18H27N3O3/c1-13(2)20-18(23)21-10-6-8-15(12-21)17(22)19-11-14-7-4-5-9-16(14)24-3/h4-5,7,9,13,15H,6,8,10-12H2,1-3H3,(H,19,22)(H,20,23)/t15-/m1/s1. The summed E-state index contributed by atoms with van der Waals surface area (Å²) >= 11 is 0. The Morgan fingerprint density at radius 2 is 2.08 bits per heavy atom. The lowest BCUT2D eigenvalue weighted by Gasteiger charge is -2.32. The van der Waals surface area contributed by atoms with Gasteiger partial charge in [-0.05, 0) is 32.8 Å². The largest absolute Gasteiger partial charge is 0.496 e. The highest BCUT2D eigenvalue weighted by atomic mass is 16.5. The lowest BCUT2D eigenvalue weighted by molar-refractivity contribution is -0.126. The molecule has 132 valence electrons. The molecule has 0 unspecified atom stereocenters. The van der Waals surface area contributed by atoms with Crippen LogP contribution in [0, 0.1) is 5.92 Å². The smallest absolute Gasteiger partial charge is 0.317 e. The Bertz CT molecular complexity index is 574. The third kappa shape index (κ3) is 4.88. The molecule has 24 heavy (non-hydrogen) atoms. The molecule has 6 nitrogen and oxygen atoms in total. The molecular formula is C18H27N3O3. The van der Waals surface area contributed by atoms with E-state index in [1.165, 1.54) is 0 Å². The molecule has 6 heteroatoms. The van der Waals surface area contributed by atoms with E-state index in [0.29, 0.717) is 19.6 Å². The van der Waals surface area contributed by atoms with Crippen molar-refractivity contribution in [1.82, 2.24) is 15.5 Å². The molecule has 0 spiro atoms. The number of methoxy groups -OCH3 is 1. The minimum atomic E-state index is -0.161. The van der Waals surface area contributed by atoms with Crippen molar-refractivity contribution in [2.24, 2.45) is 5.92 Å². The van der Waals surface area contributed by atoms with E-state index in [9.17, 15) is 9.59 Å². The zero-order valence-electron chi connectivity index (χ0n) is 14.7. The van der Waals surface area contributed by atoms with Crippen LogP contribution in [0.3, 0.4) is 0 Å². The van der Waals surface area contributed by atoms with Crippen molar-refractivity contribution in [2.45, 2.75) is 39.3 Å². The maximum Gasteiger partial charge on any atom is 0.317 e. The first kappa shape index (κ1) is 18.1. The molecule has 1 heterocycles. The van der Waals surface area contributed by atoms with Crippen LogP contribution < -0.4 is 15.4 Å².